The molecule has 0 unspecified atom stereocenters. The fraction of sp³-hybridized carbons (Fsp3) is 0.200. The molecular weight excluding hydrogens is 306 g/mol. The summed E-state index contributed by atoms with van der Waals surface area (Å²) in [6.07, 6.45) is 0. The Kier molecular flexibility index (Phi) is 4.30. The summed E-state index contributed by atoms with van der Waals surface area (Å²) in [7, 11) is -3.56. The lowest BCUT2D eigenvalue weighted by atomic mass is 10.3. The molecule has 102 valence electrons. The predicted molar refractivity (Wildman–Crippen MR) is 75.7 cm³/mol. The molecule has 0 atom stereocenters. The van der Waals surface area contributed by atoms with Crippen LogP contribution in [0.2, 0.25) is 0 Å². The van der Waals surface area contributed by atoms with Gasteiger partial charge in [-0.15, -0.1) is 11.3 Å². The maximum absolute atomic E-state index is 11.7. The lowest BCUT2D eigenvalue weighted by Crippen LogP contribution is -2.31. The molecule has 1 amide bonds. The highest BCUT2D eigenvalue weighted by Crippen LogP contribution is 2.25. The van der Waals surface area contributed by atoms with Gasteiger partial charge in [-0.25, -0.2) is 18.5 Å². The number of hydrogen-bond donors (Lipinski definition) is 2. The molecule has 0 radical (unpaired) electrons. The Balaban J connectivity index is 1.97. The first kappa shape index (κ1) is 14.1. The molecule has 0 saturated heterocycles. The molecule has 0 aliphatic rings. The highest BCUT2D eigenvalue weighted by Gasteiger charge is 2.12. The fourth-order valence-electron chi connectivity index (χ4n) is 1.29. The van der Waals surface area contributed by atoms with Crippen LogP contribution >= 0.6 is 22.7 Å². The number of aromatic nitrogens is 1. The molecule has 2 aromatic heterocycles. The number of nitrogens with two attached hydrogens (primary N) is 1. The Labute approximate surface area is 118 Å². The SMILES string of the molecule is NS(=O)(=O)CCNC(=O)c1csc(-c2ccsc2)n1. The van der Waals surface area contributed by atoms with Gasteiger partial charge in [0.15, 0.2) is 0 Å². The van der Waals surface area contributed by atoms with Crippen LogP contribution in [0, 0.1) is 0 Å². The maximum atomic E-state index is 11.7. The summed E-state index contributed by atoms with van der Waals surface area (Å²) in [4.78, 5) is 15.9. The molecule has 0 aliphatic heterocycles. The standard InChI is InChI=1S/C10H11N3O3S3/c11-19(15,16)4-2-12-9(14)8-6-18-10(13-8)7-1-3-17-5-7/h1,3,5-6H,2,4H2,(H,12,14)(H2,11,15,16). The number of carbonyl (C=O) groups is 1. The lowest BCUT2D eigenvalue weighted by molar-refractivity contribution is 0.0952. The zero-order valence-corrected chi connectivity index (χ0v) is 12.1. The number of sulfonamides is 1. The molecule has 2 heterocycles. The second-order valence-electron chi connectivity index (χ2n) is 3.67. The summed E-state index contributed by atoms with van der Waals surface area (Å²) in [5, 5.41) is 13.6. The molecule has 0 saturated carbocycles. The fourth-order valence-corrected chi connectivity index (χ4v) is 3.19. The number of amides is 1. The minimum Gasteiger partial charge on any atom is -0.350 e. The molecule has 6 nitrogen and oxygen atoms in total. The summed E-state index contributed by atoms with van der Waals surface area (Å²) in [5.41, 5.74) is 1.25. The molecule has 0 aromatic carbocycles. The first-order valence-electron chi connectivity index (χ1n) is 5.22. The number of carbonyl (C=O) groups excluding carboxylic acids is 1. The molecule has 19 heavy (non-hydrogen) atoms. The van der Waals surface area contributed by atoms with Crippen molar-refractivity contribution in [2.45, 2.75) is 0 Å². The van der Waals surface area contributed by atoms with E-state index in [9.17, 15) is 13.2 Å². The van der Waals surface area contributed by atoms with Crippen molar-refractivity contribution in [3.05, 3.63) is 27.9 Å². The first-order chi connectivity index (χ1) is 8.96. The van der Waals surface area contributed by atoms with Crippen LogP contribution < -0.4 is 10.5 Å². The van der Waals surface area contributed by atoms with Crippen LogP contribution in [0.1, 0.15) is 10.5 Å². The Morgan fingerprint density at radius 3 is 2.84 bits per heavy atom. The molecule has 0 fully saturated rings. The van der Waals surface area contributed by atoms with Gasteiger partial charge in [0, 0.05) is 22.9 Å². The van der Waals surface area contributed by atoms with Gasteiger partial charge in [0.25, 0.3) is 5.91 Å². The number of thiazole rings is 1. The van der Waals surface area contributed by atoms with E-state index >= 15 is 0 Å². The molecular formula is C10H11N3O3S3. The third-order valence-electron chi connectivity index (χ3n) is 2.18. The second-order valence-corrected chi connectivity index (χ2v) is 7.04. The topological polar surface area (TPSA) is 102 Å². The smallest absolute Gasteiger partial charge is 0.270 e. The van der Waals surface area contributed by atoms with E-state index in [2.05, 4.69) is 10.3 Å². The summed E-state index contributed by atoms with van der Waals surface area (Å²) in [6, 6.07) is 1.92. The molecule has 2 rings (SSSR count). The number of primary sulfonamides is 1. The number of hydrogen-bond acceptors (Lipinski definition) is 6. The van der Waals surface area contributed by atoms with E-state index in [1.807, 2.05) is 16.8 Å². The quantitative estimate of drug-likeness (QED) is 0.855. The van der Waals surface area contributed by atoms with E-state index in [1.54, 1.807) is 16.7 Å². The van der Waals surface area contributed by atoms with E-state index in [4.69, 9.17) is 5.14 Å². The summed E-state index contributed by atoms with van der Waals surface area (Å²) in [5.74, 6) is -0.693. The zero-order chi connectivity index (χ0) is 13.9. The van der Waals surface area contributed by atoms with Crippen molar-refractivity contribution in [1.82, 2.24) is 10.3 Å². The number of nitrogens with one attached hydrogen (secondary N) is 1. The van der Waals surface area contributed by atoms with E-state index < -0.39 is 15.9 Å². The van der Waals surface area contributed by atoms with Gasteiger partial charge in [0.2, 0.25) is 10.0 Å². The lowest BCUT2D eigenvalue weighted by Gasteiger charge is -2.01. The second kappa shape index (κ2) is 5.78. The Bertz CT molecular complexity index is 661. The van der Waals surface area contributed by atoms with E-state index in [0.717, 1.165) is 10.6 Å². The van der Waals surface area contributed by atoms with Gasteiger partial charge < -0.3 is 5.32 Å². The van der Waals surface area contributed by atoms with Crippen LogP contribution in [0.5, 0.6) is 0 Å². The van der Waals surface area contributed by atoms with Crippen molar-refractivity contribution in [2.75, 3.05) is 12.3 Å². The largest absolute Gasteiger partial charge is 0.350 e. The average molecular weight is 317 g/mol. The van der Waals surface area contributed by atoms with Crippen molar-refractivity contribution in [1.29, 1.82) is 0 Å². The number of thiophene rings is 1. The van der Waals surface area contributed by atoms with Crippen molar-refractivity contribution in [3.8, 4) is 10.6 Å². The third kappa shape index (κ3) is 4.10. The first-order valence-corrected chi connectivity index (χ1v) is 8.76. The molecule has 3 N–H and O–H groups in total. The molecule has 0 bridgehead atoms. The highest BCUT2D eigenvalue weighted by atomic mass is 32.2. The highest BCUT2D eigenvalue weighted by molar-refractivity contribution is 7.89. The Morgan fingerprint density at radius 2 is 2.21 bits per heavy atom. The van der Waals surface area contributed by atoms with Crippen LogP contribution in [0.3, 0.4) is 0 Å². The van der Waals surface area contributed by atoms with Crippen LogP contribution in [0.15, 0.2) is 22.2 Å². The monoisotopic (exact) mass is 317 g/mol. The third-order valence-corrected chi connectivity index (χ3v) is 4.52. The van der Waals surface area contributed by atoms with Gasteiger partial charge in [-0.05, 0) is 11.4 Å². The summed E-state index contributed by atoms with van der Waals surface area (Å²) < 4.78 is 21.4. The summed E-state index contributed by atoms with van der Waals surface area (Å²) >= 11 is 2.92. The molecule has 9 heteroatoms. The summed E-state index contributed by atoms with van der Waals surface area (Å²) in [6.45, 7) is -0.0248. The van der Waals surface area contributed by atoms with Crippen LogP contribution in [0.4, 0.5) is 0 Å². The molecule has 0 aliphatic carbocycles. The zero-order valence-electron chi connectivity index (χ0n) is 9.70. The van der Waals surface area contributed by atoms with Gasteiger partial charge >= 0.3 is 0 Å². The van der Waals surface area contributed by atoms with Crippen LogP contribution in [0.25, 0.3) is 10.6 Å². The van der Waals surface area contributed by atoms with Crippen molar-refractivity contribution in [3.63, 3.8) is 0 Å². The van der Waals surface area contributed by atoms with Gasteiger partial charge in [0.1, 0.15) is 10.7 Å². The predicted octanol–water partition coefficient (Wildman–Crippen LogP) is 0.890. The van der Waals surface area contributed by atoms with Crippen molar-refractivity contribution in [2.24, 2.45) is 5.14 Å². The van der Waals surface area contributed by atoms with E-state index in [1.165, 1.54) is 11.3 Å². The molecule has 0 spiro atoms. The van der Waals surface area contributed by atoms with E-state index in [0.29, 0.717) is 0 Å². The maximum Gasteiger partial charge on any atom is 0.270 e. The van der Waals surface area contributed by atoms with Crippen LogP contribution in [-0.4, -0.2) is 31.6 Å². The number of nitrogens with zero attached hydrogens (tertiary/aromatic N) is 1. The minimum absolute atomic E-state index is 0.0248. The van der Waals surface area contributed by atoms with Gasteiger partial charge in [-0.3, -0.25) is 4.79 Å². The van der Waals surface area contributed by atoms with Gasteiger partial charge in [-0.2, -0.15) is 11.3 Å². The average Bonchev–Trinajstić information content (AvgIpc) is 2.98. The van der Waals surface area contributed by atoms with Crippen LogP contribution in [-0.2, 0) is 10.0 Å². The number of rotatable bonds is 5. The molecule has 2 aromatic rings. The minimum atomic E-state index is -3.56. The Hall–Kier alpha value is -1.29. The van der Waals surface area contributed by atoms with Gasteiger partial charge in [-0.1, -0.05) is 0 Å². The Morgan fingerprint density at radius 1 is 1.42 bits per heavy atom. The van der Waals surface area contributed by atoms with E-state index in [-0.39, 0.29) is 18.0 Å². The van der Waals surface area contributed by atoms with Crippen molar-refractivity contribution < 1.29 is 13.2 Å². The van der Waals surface area contributed by atoms with Crippen molar-refractivity contribution >= 4 is 38.6 Å². The normalized spacial score (nSPS) is 11.4. The van der Waals surface area contributed by atoms with Gasteiger partial charge in [0.05, 0.1) is 5.75 Å².